The number of ether oxygens (including phenoxy) is 1. The molecule has 1 saturated carbocycles. The maximum Gasteiger partial charge on any atom is 0.258 e. The normalized spacial score (nSPS) is 26.9. The van der Waals surface area contributed by atoms with Crippen LogP contribution in [0.1, 0.15) is 34.6 Å². The van der Waals surface area contributed by atoms with Crippen molar-refractivity contribution < 1.29 is 14.1 Å². The van der Waals surface area contributed by atoms with Gasteiger partial charge in [0.05, 0.1) is 22.7 Å². The second-order valence-electron chi connectivity index (χ2n) is 6.82. The smallest absolute Gasteiger partial charge is 0.258 e. The molecule has 3 atom stereocenters. The van der Waals surface area contributed by atoms with Gasteiger partial charge in [-0.3, -0.25) is 4.79 Å². The molecule has 0 aromatic carbocycles. The van der Waals surface area contributed by atoms with E-state index in [0.29, 0.717) is 29.2 Å². The van der Waals surface area contributed by atoms with Gasteiger partial charge in [0, 0.05) is 25.9 Å². The Morgan fingerprint density at radius 1 is 1.30 bits per heavy atom. The molecule has 1 unspecified atom stereocenters. The van der Waals surface area contributed by atoms with Crippen LogP contribution in [0.2, 0.25) is 0 Å². The predicted octanol–water partition coefficient (Wildman–Crippen LogP) is 2.34. The molecular formula is C17H21N3O3. The van der Waals surface area contributed by atoms with Crippen LogP contribution in [0.5, 0.6) is 0 Å². The van der Waals surface area contributed by atoms with Crippen molar-refractivity contribution in [1.29, 1.82) is 0 Å². The molecule has 4 rings (SSSR count). The molecule has 0 radical (unpaired) electrons. The lowest BCUT2D eigenvalue weighted by molar-refractivity contribution is 0.0733. The van der Waals surface area contributed by atoms with Crippen LogP contribution in [-0.4, -0.2) is 47.3 Å². The van der Waals surface area contributed by atoms with Crippen molar-refractivity contribution in [2.24, 2.45) is 11.8 Å². The van der Waals surface area contributed by atoms with E-state index in [0.717, 1.165) is 42.7 Å². The minimum Gasteiger partial charge on any atom is -0.381 e. The number of hydrogen-bond donors (Lipinski definition) is 0. The van der Waals surface area contributed by atoms with Crippen LogP contribution in [0.15, 0.2) is 10.6 Å². The summed E-state index contributed by atoms with van der Waals surface area (Å²) in [6.45, 7) is 5.35. The van der Waals surface area contributed by atoms with Gasteiger partial charge in [0.25, 0.3) is 11.6 Å². The van der Waals surface area contributed by atoms with E-state index in [9.17, 15) is 4.79 Å². The molecule has 2 aromatic heterocycles. The van der Waals surface area contributed by atoms with Gasteiger partial charge >= 0.3 is 0 Å². The maximum atomic E-state index is 13.0. The quantitative estimate of drug-likeness (QED) is 0.851. The van der Waals surface area contributed by atoms with E-state index in [2.05, 4.69) is 10.1 Å². The summed E-state index contributed by atoms with van der Waals surface area (Å²) >= 11 is 0. The number of amides is 1. The molecule has 1 aliphatic heterocycles. The van der Waals surface area contributed by atoms with Gasteiger partial charge in [0.1, 0.15) is 0 Å². The van der Waals surface area contributed by atoms with Gasteiger partial charge in [-0.15, -0.1) is 0 Å². The van der Waals surface area contributed by atoms with Gasteiger partial charge in [-0.05, 0) is 44.6 Å². The second kappa shape index (κ2) is 5.30. The van der Waals surface area contributed by atoms with E-state index in [1.54, 1.807) is 7.11 Å². The van der Waals surface area contributed by atoms with Crippen molar-refractivity contribution in [2.75, 3.05) is 20.2 Å². The zero-order valence-corrected chi connectivity index (χ0v) is 13.7. The molecule has 0 spiro atoms. The van der Waals surface area contributed by atoms with Gasteiger partial charge in [0.15, 0.2) is 0 Å². The number of methoxy groups -OCH3 is 1. The molecule has 2 fully saturated rings. The molecular weight excluding hydrogens is 294 g/mol. The molecule has 1 aliphatic carbocycles. The van der Waals surface area contributed by atoms with Crippen LogP contribution in [0.3, 0.4) is 0 Å². The fraction of sp³-hybridized carbons (Fsp3) is 0.588. The molecule has 122 valence electrons. The zero-order chi connectivity index (χ0) is 16.1. The molecule has 2 aromatic rings. The average Bonchev–Trinajstić information content (AvgIpc) is 3.18. The van der Waals surface area contributed by atoms with Crippen molar-refractivity contribution in [1.82, 2.24) is 15.0 Å². The van der Waals surface area contributed by atoms with Crippen LogP contribution in [0.4, 0.5) is 0 Å². The van der Waals surface area contributed by atoms with E-state index >= 15 is 0 Å². The summed E-state index contributed by atoms with van der Waals surface area (Å²) in [4.78, 5) is 19.3. The third kappa shape index (κ3) is 2.32. The Kier molecular flexibility index (Phi) is 3.37. The van der Waals surface area contributed by atoms with Crippen molar-refractivity contribution >= 4 is 17.0 Å². The summed E-state index contributed by atoms with van der Waals surface area (Å²) in [7, 11) is 1.78. The molecule has 0 N–H and O–H groups in total. The summed E-state index contributed by atoms with van der Waals surface area (Å²) < 4.78 is 10.7. The van der Waals surface area contributed by atoms with E-state index in [1.165, 1.54) is 0 Å². The number of pyridine rings is 1. The molecule has 1 amide bonds. The topological polar surface area (TPSA) is 68.5 Å². The van der Waals surface area contributed by atoms with Gasteiger partial charge in [-0.1, -0.05) is 5.16 Å². The number of carbonyl (C=O) groups is 1. The molecule has 23 heavy (non-hydrogen) atoms. The summed E-state index contributed by atoms with van der Waals surface area (Å²) in [5.41, 5.74) is 2.60. The van der Waals surface area contributed by atoms with E-state index in [4.69, 9.17) is 9.26 Å². The van der Waals surface area contributed by atoms with Gasteiger partial charge in [-0.2, -0.15) is 0 Å². The Morgan fingerprint density at radius 3 is 2.65 bits per heavy atom. The van der Waals surface area contributed by atoms with Crippen LogP contribution in [-0.2, 0) is 4.74 Å². The standard InChI is InChI=1S/C17H21N3O3/c1-9-4-14(15-10(2)19-23-16(15)18-9)17(21)20-7-11-5-13(22-3)6-12(11)8-20/h4,11-13H,5-8H2,1-3H3/t11-,12+,13?. The van der Waals surface area contributed by atoms with E-state index < -0.39 is 0 Å². The lowest BCUT2D eigenvalue weighted by Crippen LogP contribution is -2.30. The Hall–Kier alpha value is -1.95. The molecule has 6 heteroatoms. The summed E-state index contributed by atoms with van der Waals surface area (Å²) in [6, 6.07) is 1.85. The fourth-order valence-corrected chi connectivity index (χ4v) is 4.16. The minimum atomic E-state index is 0.0650. The third-order valence-electron chi connectivity index (χ3n) is 5.30. The van der Waals surface area contributed by atoms with Gasteiger partial charge < -0.3 is 14.2 Å². The minimum absolute atomic E-state index is 0.0650. The Bertz CT molecular complexity index is 756. The van der Waals surface area contributed by atoms with Crippen molar-refractivity contribution in [2.45, 2.75) is 32.8 Å². The molecule has 1 saturated heterocycles. The first-order valence-electron chi connectivity index (χ1n) is 8.12. The predicted molar refractivity (Wildman–Crippen MR) is 84.2 cm³/mol. The highest BCUT2D eigenvalue weighted by Crippen LogP contribution is 2.40. The Morgan fingerprint density at radius 2 is 2.00 bits per heavy atom. The summed E-state index contributed by atoms with van der Waals surface area (Å²) in [5, 5.41) is 4.70. The van der Waals surface area contributed by atoms with Gasteiger partial charge in [-0.25, -0.2) is 4.98 Å². The largest absolute Gasteiger partial charge is 0.381 e. The Balaban J connectivity index is 1.63. The SMILES string of the molecule is COC1C[C@@H]2CN(C(=O)c3cc(C)nc4onc(C)c34)C[C@@H]2C1. The molecule has 0 bridgehead atoms. The third-order valence-corrected chi connectivity index (χ3v) is 5.30. The first kappa shape index (κ1) is 14.6. The molecule has 3 heterocycles. The number of rotatable bonds is 2. The lowest BCUT2D eigenvalue weighted by atomic mass is 10.0. The van der Waals surface area contributed by atoms with Crippen LogP contribution < -0.4 is 0 Å². The number of aromatic nitrogens is 2. The number of hydrogen-bond acceptors (Lipinski definition) is 5. The van der Waals surface area contributed by atoms with Crippen molar-refractivity contribution in [3.63, 3.8) is 0 Å². The number of aryl methyl sites for hydroxylation is 2. The lowest BCUT2D eigenvalue weighted by Gasteiger charge is -2.19. The number of fused-ring (bicyclic) bond motifs is 2. The molecule has 6 nitrogen and oxygen atoms in total. The summed E-state index contributed by atoms with van der Waals surface area (Å²) in [6.07, 6.45) is 2.47. The number of nitrogens with zero attached hydrogens (tertiary/aromatic N) is 3. The van der Waals surface area contributed by atoms with Crippen LogP contribution >= 0.6 is 0 Å². The first-order chi connectivity index (χ1) is 11.1. The molecule has 2 aliphatic rings. The number of carbonyl (C=O) groups excluding carboxylic acids is 1. The monoisotopic (exact) mass is 315 g/mol. The van der Waals surface area contributed by atoms with Crippen molar-refractivity contribution in [3.05, 3.63) is 23.0 Å². The van der Waals surface area contributed by atoms with Crippen LogP contribution in [0.25, 0.3) is 11.1 Å². The van der Waals surface area contributed by atoms with Crippen molar-refractivity contribution in [3.8, 4) is 0 Å². The summed E-state index contributed by atoms with van der Waals surface area (Å²) in [5.74, 6) is 1.19. The fourth-order valence-electron chi connectivity index (χ4n) is 4.16. The van der Waals surface area contributed by atoms with Crippen LogP contribution in [0, 0.1) is 25.7 Å². The van der Waals surface area contributed by atoms with Gasteiger partial charge in [0.2, 0.25) is 0 Å². The number of likely N-dealkylation sites (tertiary alicyclic amines) is 1. The maximum absolute atomic E-state index is 13.0. The van der Waals surface area contributed by atoms with E-state index in [1.807, 2.05) is 24.8 Å². The average molecular weight is 315 g/mol. The zero-order valence-electron chi connectivity index (χ0n) is 13.7. The first-order valence-corrected chi connectivity index (χ1v) is 8.12. The highest BCUT2D eigenvalue weighted by Gasteiger charge is 2.42. The Labute approximate surface area is 134 Å². The van der Waals surface area contributed by atoms with E-state index in [-0.39, 0.29) is 5.91 Å². The highest BCUT2D eigenvalue weighted by molar-refractivity contribution is 6.06. The highest BCUT2D eigenvalue weighted by atomic mass is 16.5. The second-order valence-corrected chi connectivity index (χ2v) is 6.82.